The first-order chi connectivity index (χ1) is 13.0. The van der Waals surface area contributed by atoms with Gasteiger partial charge in [0.15, 0.2) is 0 Å². The van der Waals surface area contributed by atoms with E-state index in [1.54, 1.807) is 19.2 Å². The molecule has 4 rings (SSSR count). The van der Waals surface area contributed by atoms with Gasteiger partial charge < -0.3 is 14.9 Å². The highest BCUT2D eigenvalue weighted by molar-refractivity contribution is 5.27. The molecule has 2 aliphatic rings. The molecule has 0 bridgehead atoms. The fourth-order valence-electron chi connectivity index (χ4n) is 4.16. The van der Waals surface area contributed by atoms with Gasteiger partial charge in [0.25, 0.3) is 0 Å². The van der Waals surface area contributed by atoms with Gasteiger partial charge in [-0.15, -0.1) is 0 Å². The lowest BCUT2D eigenvalue weighted by atomic mass is 10.0. The molecule has 2 fully saturated rings. The summed E-state index contributed by atoms with van der Waals surface area (Å²) in [4.78, 5) is 2.55. The zero-order valence-corrected chi connectivity index (χ0v) is 15.7. The molecule has 2 aromatic carbocycles. The largest absolute Gasteiger partial charge is 0.508 e. The lowest BCUT2D eigenvalue weighted by Crippen LogP contribution is -2.28. The number of fused-ring (bicyclic) bond motifs is 1. The van der Waals surface area contributed by atoms with Crippen LogP contribution in [-0.4, -0.2) is 41.9 Å². The molecule has 4 nitrogen and oxygen atoms in total. The fraction of sp³-hybridized carbons (Fsp3) is 0.455. The molecule has 0 radical (unpaired) electrons. The molecule has 2 N–H and O–H groups in total. The van der Waals surface area contributed by atoms with E-state index in [0.717, 1.165) is 23.9 Å². The van der Waals surface area contributed by atoms with Crippen LogP contribution in [0.15, 0.2) is 48.5 Å². The van der Waals surface area contributed by atoms with E-state index < -0.39 is 0 Å². The van der Waals surface area contributed by atoms with Crippen LogP contribution in [0.5, 0.6) is 11.5 Å². The molecule has 27 heavy (non-hydrogen) atoms. The summed E-state index contributed by atoms with van der Waals surface area (Å²) >= 11 is 0. The maximum absolute atomic E-state index is 12.0. The van der Waals surface area contributed by atoms with E-state index in [2.05, 4.69) is 4.90 Å². The quantitative estimate of drug-likeness (QED) is 0.837. The minimum absolute atomic E-state index is 0.0893. The highest BCUT2D eigenvalue weighted by atomic mass is 19.1. The van der Waals surface area contributed by atoms with Crippen LogP contribution in [0.2, 0.25) is 0 Å². The van der Waals surface area contributed by atoms with Gasteiger partial charge >= 0.3 is 0 Å². The van der Waals surface area contributed by atoms with Crippen molar-refractivity contribution in [1.29, 1.82) is 0 Å². The molecule has 0 aromatic heterocycles. The third-order valence-electron chi connectivity index (χ3n) is 5.60. The summed E-state index contributed by atoms with van der Waals surface area (Å²) in [6.07, 6.45) is 4.37. The molecule has 0 spiro atoms. The lowest BCUT2D eigenvalue weighted by molar-refractivity contribution is 0.0686. The Kier molecular flexibility index (Phi) is 6.69. The molecule has 1 aliphatic carbocycles. The SMILES string of the molecule is COC(CN1CC2CCCC2C1)c1ccc(O)cc1.Oc1ccc(F)cc1. The van der Waals surface area contributed by atoms with E-state index in [1.165, 1.54) is 56.6 Å². The smallest absolute Gasteiger partial charge is 0.123 e. The van der Waals surface area contributed by atoms with Crippen LogP contribution in [0, 0.1) is 17.7 Å². The monoisotopic (exact) mass is 373 g/mol. The molecule has 3 atom stereocenters. The Bertz CT molecular complexity index is 672. The fourth-order valence-corrected chi connectivity index (χ4v) is 4.16. The first kappa shape index (κ1) is 19.6. The van der Waals surface area contributed by atoms with Crippen LogP contribution in [-0.2, 0) is 4.74 Å². The normalized spacial score (nSPS) is 22.7. The molecule has 1 saturated carbocycles. The number of benzene rings is 2. The molecule has 5 heteroatoms. The summed E-state index contributed by atoms with van der Waals surface area (Å²) in [6, 6.07) is 12.4. The number of rotatable bonds is 4. The van der Waals surface area contributed by atoms with Gasteiger partial charge in [0.2, 0.25) is 0 Å². The van der Waals surface area contributed by atoms with E-state index in [4.69, 9.17) is 9.84 Å². The predicted octanol–water partition coefficient (Wildman–Crippen LogP) is 4.34. The van der Waals surface area contributed by atoms with Crippen molar-refractivity contribution in [2.45, 2.75) is 25.4 Å². The van der Waals surface area contributed by atoms with Gasteiger partial charge in [-0.1, -0.05) is 18.6 Å². The van der Waals surface area contributed by atoms with Crippen molar-refractivity contribution in [3.63, 3.8) is 0 Å². The van der Waals surface area contributed by atoms with Crippen LogP contribution < -0.4 is 0 Å². The van der Waals surface area contributed by atoms with Crippen LogP contribution >= 0.6 is 0 Å². The van der Waals surface area contributed by atoms with Crippen LogP contribution in [0.25, 0.3) is 0 Å². The highest BCUT2D eigenvalue weighted by Crippen LogP contribution is 2.38. The van der Waals surface area contributed by atoms with Gasteiger partial charge in [-0.2, -0.15) is 0 Å². The van der Waals surface area contributed by atoms with Crippen molar-refractivity contribution in [2.75, 3.05) is 26.7 Å². The van der Waals surface area contributed by atoms with Crippen molar-refractivity contribution in [3.8, 4) is 11.5 Å². The maximum Gasteiger partial charge on any atom is 0.123 e. The number of nitrogens with zero attached hydrogens (tertiary/aromatic N) is 1. The van der Waals surface area contributed by atoms with E-state index >= 15 is 0 Å². The Morgan fingerprint density at radius 1 is 0.963 bits per heavy atom. The van der Waals surface area contributed by atoms with E-state index in [9.17, 15) is 9.50 Å². The zero-order chi connectivity index (χ0) is 19.2. The van der Waals surface area contributed by atoms with Crippen molar-refractivity contribution in [3.05, 3.63) is 59.9 Å². The average molecular weight is 373 g/mol. The number of hydrogen-bond acceptors (Lipinski definition) is 4. The molecule has 1 saturated heterocycles. The molecule has 3 unspecified atom stereocenters. The molecule has 1 heterocycles. The van der Waals surface area contributed by atoms with E-state index in [0.29, 0.717) is 5.75 Å². The number of hydrogen-bond donors (Lipinski definition) is 2. The first-order valence-corrected chi connectivity index (χ1v) is 9.53. The summed E-state index contributed by atoms with van der Waals surface area (Å²) in [5.74, 6) is 1.93. The lowest BCUT2D eigenvalue weighted by Gasteiger charge is -2.23. The number of phenols is 2. The van der Waals surface area contributed by atoms with Gasteiger partial charge in [0.1, 0.15) is 17.3 Å². The van der Waals surface area contributed by atoms with Crippen molar-refractivity contribution < 1.29 is 19.3 Å². The Hall–Kier alpha value is -2.11. The summed E-state index contributed by atoms with van der Waals surface area (Å²) in [5, 5.41) is 17.9. The number of phenolic OH excluding ortho intramolecular Hbond substituents is 2. The standard InChI is InChI=1S/C16H23NO2.C6H5FO/c1-19-16(12-5-7-15(18)8-6-12)11-17-9-13-3-2-4-14(13)10-17;7-5-1-3-6(8)4-2-5/h5-8,13-14,16,18H,2-4,9-11H2,1H3;1-4,8H. The minimum atomic E-state index is -0.331. The average Bonchev–Trinajstić information content (AvgIpc) is 3.25. The Morgan fingerprint density at radius 3 is 1.96 bits per heavy atom. The van der Waals surface area contributed by atoms with Crippen LogP contribution in [0.4, 0.5) is 4.39 Å². The van der Waals surface area contributed by atoms with Crippen LogP contribution in [0.1, 0.15) is 30.9 Å². The number of ether oxygens (including phenoxy) is 1. The van der Waals surface area contributed by atoms with Gasteiger partial charge in [0, 0.05) is 26.7 Å². The first-order valence-electron chi connectivity index (χ1n) is 9.53. The summed E-state index contributed by atoms with van der Waals surface area (Å²) < 4.78 is 17.6. The van der Waals surface area contributed by atoms with Crippen molar-refractivity contribution >= 4 is 0 Å². The Balaban J connectivity index is 0.000000221. The number of aromatic hydroxyl groups is 2. The second-order valence-electron chi connectivity index (χ2n) is 7.46. The predicted molar refractivity (Wildman–Crippen MR) is 103 cm³/mol. The van der Waals surface area contributed by atoms with Gasteiger partial charge in [0.05, 0.1) is 6.10 Å². The molecule has 146 valence electrons. The second-order valence-corrected chi connectivity index (χ2v) is 7.46. The van der Waals surface area contributed by atoms with Crippen molar-refractivity contribution in [1.82, 2.24) is 4.90 Å². The molecule has 0 amide bonds. The minimum Gasteiger partial charge on any atom is -0.508 e. The Morgan fingerprint density at radius 2 is 1.48 bits per heavy atom. The molecular weight excluding hydrogens is 345 g/mol. The number of halogens is 1. The summed E-state index contributed by atoms with van der Waals surface area (Å²) in [5.41, 5.74) is 1.15. The van der Waals surface area contributed by atoms with E-state index in [-0.39, 0.29) is 17.7 Å². The zero-order valence-electron chi connectivity index (χ0n) is 15.7. The third-order valence-corrected chi connectivity index (χ3v) is 5.60. The van der Waals surface area contributed by atoms with Gasteiger partial charge in [-0.25, -0.2) is 4.39 Å². The molecular formula is C22H28FNO3. The molecule has 2 aromatic rings. The van der Waals surface area contributed by atoms with Crippen molar-refractivity contribution in [2.24, 2.45) is 11.8 Å². The second kappa shape index (κ2) is 9.20. The summed E-state index contributed by atoms with van der Waals surface area (Å²) in [6.45, 7) is 3.44. The number of methoxy groups -OCH3 is 1. The van der Waals surface area contributed by atoms with E-state index in [1.807, 2.05) is 12.1 Å². The highest BCUT2D eigenvalue weighted by Gasteiger charge is 2.36. The Labute approximate surface area is 160 Å². The number of likely N-dealkylation sites (tertiary alicyclic amines) is 1. The van der Waals surface area contributed by atoms with Gasteiger partial charge in [-0.05, 0) is 66.6 Å². The topological polar surface area (TPSA) is 52.9 Å². The third kappa shape index (κ3) is 5.44. The van der Waals surface area contributed by atoms with Crippen LogP contribution in [0.3, 0.4) is 0 Å². The molecule has 1 aliphatic heterocycles. The van der Waals surface area contributed by atoms with Gasteiger partial charge in [-0.3, -0.25) is 4.90 Å². The maximum atomic E-state index is 12.0. The summed E-state index contributed by atoms with van der Waals surface area (Å²) in [7, 11) is 1.77.